The molecule has 0 aliphatic rings. The summed E-state index contributed by atoms with van der Waals surface area (Å²) in [5.41, 5.74) is 3.59. The molecule has 94 valence electrons. The molecule has 0 aromatic heterocycles. The number of carbonyl (C=O) groups is 1. The van der Waals surface area contributed by atoms with Crippen LogP contribution < -0.4 is 0 Å². The fraction of sp³-hybridized carbons (Fsp3) is 0. The van der Waals surface area contributed by atoms with Gasteiger partial charge in [0.15, 0.2) is 0 Å². The number of hydrogen-bond acceptors (Lipinski definition) is 3. The van der Waals surface area contributed by atoms with Gasteiger partial charge in [-0.1, -0.05) is 24.3 Å². The molecule has 0 radical (unpaired) electrons. The lowest BCUT2D eigenvalue weighted by Crippen LogP contribution is -1.90. The average Bonchev–Trinajstić information content (AvgIpc) is 2.53. The van der Waals surface area contributed by atoms with Crippen LogP contribution in [0.2, 0.25) is 0 Å². The Kier molecular flexibility index (Phi) is 4.07. The van der Waals surface area contributed by atoms with Gasteiger partial charge in [0.1, 0.15) is 6.29 Å². The first-order valence-corrected chi connectivity index (χ1v) is 5.95. The first-order valence-electron chi connectivity index (χ1n) is 5.95. The number of nitriles is 2. The summed E-state index contributed by atoms with van der Waals surface area (Å²) in [7, 11) is 0. The fourth-order valence-corrected chi connectivity index (χ4v) is 1.88. The van der Waals surface area contributed by atoms with E-state index < -0.39 is 0 Å². The number of hydrogen-bond donors (Lipinski definition) is 0. The van der Waals surface area contributed by atoms with Crippen LogP contribution in [0.15, 0.2) is 54.6 Å². The molecule has 0 saturated carbocycles. The summed E-state index contributed by atoms with van der Waals surface area (Å²) in [4.78, 5) is 10.8. The molecule has 0 aliphatic carbocycles. The lowest BCUT2D eigenvalue weighted by Gasteiger charge is -2.07. The monoisotopic (exact) mass is 258 g/mol. The lowest BCUT2D eigenvalue weighted by molar-refractivity contribution is -0.104. The number of nitrogens with zero attached hydrogens (tertiary/aromatic N) is 2. The van der Waals surface area contributed by atoms with Crippen LogP contribution in [0, 0.1) is 22.7 Å². The standard InChI is InChI=1S/C17H10N2O/c18-11-13-1-5-15(6-2-13)17(9-10-20)16-7-3-14(12-19)4-8-16/h1-10H. The zero-order valence-electron chi connectivity index (χ0n) is 10.6. The van der Waals surface area contributed by atoms with E-state index in [-0.39, 0.29) is 0 Å². The van der Waals surface area contributed by atoms with Gasteiger partial charge in [-0.3, -0.25) is 4.79 Å². The molecule has 2 rings (SSSR count). The zero-order valence-corrected chi connectivity index (χ0v) is 10.6. The Morgan fingerprint density at radius 2 is 1.20 bits per heavy atom. The van der Waals surface area contributed by atoms with Gasteiger partial charge in [0, 0.05) is 0 Å². The molecule has 2 aromatic rings. The van der Waals surface area contributed by atoms with Gasteiger partial charge in [0.2, 0.25) is 0 Å². The van der Waals surface area contributed by atoms with E-state index in [0.29, 0.717) is 11.1 Å². The fourth-order valence-electron chi connectivity index (χ4n) is 1.88. The second kappa shape index (κ2) is 6.13. The van der Waals surface area contributed by atoms with Crippen molar-refractivity contribution in [1.29, 1.82) is 10.5 Å². The molecule has 0 aliphatic heterocycles. The molecule has 0 atom stereocenters. The molecule has 0 N–H and O–H groups in total. The van der Waals surface area contributed by atoms with E-state index in [2.05, 4.69) is 12.1 Å². The predicted octanol–water partition coefficient (Wildman–Crippen LogP) is 3.06. The van der Waals surface area contributed by atoms with Gasteiger partial charge in [-0.25, -0.2) is 0 Å². The molecule has 0 bridgehead atoms. The summed E-state index contributed by atoms with van der Waals surface area (Å²) in [6, 6.07) is 18.1. The Morgan fingerprint density at radius 3 is 1.50 bits per heavy atom. The topological polar surface area (TPSA) is 64.7 Å². The van der Waals surface area contributed by atoms with Gasteiger partial charge in [-0.05, 0) is 47.0 Å². The molecule has 0 amide bonds. The first kappa shape index (κ1) is 13.3. The minimum atomic E-state index is 0.569. The van der Waals surface area contributed by atoms with Crippen LogP contribution in [-0.4, -0.2) is 6.29 Å². The van der Waals surface area contributed by atoms with E-state index >= 15 is 0 Å². The SMILES string of the molecule is N#Cc1ccc(C(=CC=O)c2ccc(C#N)cc2)cc1. The highest BCUT2D eigenvalue weighted by molar-refractivity contribution is 5.89. The van der Waals surface area contributed by atoms with Gasteiger partial charge < -0.3 is 0 Å². The third-order valence-electron chi connectivity index (χ3n) is 2.88. The minimum Gasteiger partial charge on any atom is -0.299 e. The van der Waals surface area contributed by atoms with Crippen molar-refractivity contribution in [3.05, 3.63) is 76.9 Å². The number of allylic oxidation sites excluding steroid dienone is 1. The summed E-state index contributed by atoms with van der Waals surface area (Å²) in [6.45, 7) is 0. The number of carbonyl (C=O) groups excluding carboxylic acids is 1. The van der Waals surface area contributed by atoms with Crippen LogP contribution in [-0.2, 0) is 4.79 Å². The molecule has 3 heteroatoms. The van der Waals surface area contributed by atoms with Gasteiger partial charge in [0.05, 0.1) is 23.3 Å². The smallest absolute Gasteiger partial charge is 0.143 e. The van der Waals surface area contributed by atoms with Crippen LogP contribution >= 0.6 is 0 Å². The highest BCUT2D eigenvalue weighted by Gasteiger charge is 2.05. The summed E-state index contributed by atoms with van der Waals surface area (Å²) in [5.74, 6) is 0. The summed E-state index contributed by atoms with van der Waals surface area (Å²) >= 11 is 0. The molecule has 0 unspecified atom stereocenters. The largest absolute Gasteiger partial charge is 0.299 e. The Hall–Kier alpha value is -3.17. The molecule has 0 saturated heterocycles. The van der Waals surface area contributed by atoms with Crippen LogP contribution in [0.1, 0.15) is 22.3 Å². The maximum atomic E-state index is 10.8. The Bertz CT molecular complexity index is 667. The predicted molar refractivity (Wildman–Crippen MR) is 75.5 cm³/mol. The van der Waals surface area contributed by atoms with Crippen molar-refractivity contribution >= 4 is 11.9 Å². The van der Waals surface area contributed by atoms with Gasteiger partial charge in [-0.2, -0.15) is 10.5 Å². The summed E-state index contributed by atoms with van der Waals surface area (Å²) < 4.78 is 0. The molecule has 0 spiro atoms. The second-order valence-corrected chi connectivity index (χ2v) is 4.09. The maximum Gasteiger partial charge on any atom is 0.143 e. The van der Waals surface area contributed by atoms with Crippen molar-refractivity contribution in [3.8, 4) is 12.1 Å². The van der Waals surface area contributed by atoms with Crippen LogP contribution in [0.3, 0.4) is 0 Å². The maximum absolute atomic E-state index is 10.8. The lowest BCUT2D eigenvalue weighted by atomic mass is 9.96. The van der Waals surface area contributed by atoms with E-state index in [9.17, 15) is 4.79 Å². The van der Waals surface area contributed by atoms with Crippen molar-refractivity contribution in [2.45, 2.75) is 0 Å². The van der Waals surface area contributed by atoms with Crippen LogP contribution in [0.5, 0.6) is 0 Å². The van der Waals surface area contributed by atoms with E-state index in [4.69, 9.17) is 10.5 Å². The first-order chi connectivity index (χ1) is 9.78. The van der Waals surface area contributed by atoms with Crippen molar-refractivity contribution in [2.24, 2.45) is 0 Å². The molecule has 20 heavy (non-hydrogen) atoms. The van der Waals surface area contributed by atoms with Gasteiger partial charge in [0.25, 0.3) is 0 Å². The Morgan fingerprint density at radius 1 is 0.800 bits per heavy atom. The van der Waals surface area contributed by atoms with Crippen molar-refractivity contribution in [2.75, 3.05) is 0 Å². The molecule has 0 heterocycles. The Balaban J connectivity index is 2.45. The molecule has 2 aromatic carbocycles. The number of benzene rings is 2. The minimum absolute atomic E-state index is 0.569. The highest BCUT2D eigenvalue weighted by Crippen LogP contribution is 2.23. The van der Waals surface area contributed by atoms with Crippen molar-refractivity contribution < 1.29 is 4.79 Å². The van der Waals surface area contributed by atoms with Gasteiger partial charge in [-0.15, -0.1) is 0 Å². The van der Waals surface area contributed by atoms with Crippen molar-refractivity contribution in [3.63, 3.8) is 0 Å². The number of aldehydes is 1. The third kappa shape index (κ3) is 2.80. The third-order valence-corrected chi connectivity index (χ3v) is 2.88. The van der Waals surface area contributed by atoms with Crippen LogP contribution in [0.4, 0.5) is 0 Å². The quantitative estimate of drug-likeness (QED) is 0.627. The van der Waals surface area contributed by atoms with Crippen molar-refractivity contribution in [1.82, 2.24) is 0 Å². The molecular weight excluding hydrogens is 248 g/mol. The zero-order chi connectivity index (χ0) is 14.4. The number of rotatable bonds is 3. The summed E-state index contributed by atoms with van der Waals surface area (Å²) in [6.07, 6.45) is 2.20. The Labute approximate surface area is 117 Å². The molecule has 3 nitrogen and oxygen atoms in total. The van der Waals surface area contributed by atoms with E-state index in [0.717, 1.165) is 23.0 Å². The van der Waals surface area contributed by atoms with Gasteiger partial charge >= 0.3 is 0 Å². The van der Waals surface area contributed by atoms with Crippen LogP contribution in [0.25, 0.3) is 5.57 Å². The van der Waals surface area contributed by atoms with E-state index in [1.54, 1.807) is 48.5 Å². The molecular formula is C17H10N2O. The van der Waals surface area contributed by atoms with E-state index in [1.165, 1.54) is 6.08 Å². The highest BCUT2D eigenvalue weighted by atomic mass is 16.1. The second-order valence-electron chi connectivity index (χ2n) is 4.09. The molecule has 0 fully saturated rings. The summed E-state index contributed by atoms with van der Waals surface area (Å²) in [5, 5.41) is 17.6. The normalized spacial score (nSPS) is 9.10. The average molecular weight is 258 g/mol. The van der Waals surface area contributed by atoms with E-state index in [1.807, 2.05) is 0 Å².